The van der Waals surface area contributed by atoms with Crippen molar-refractivity contribution in [2.24, 2.45) is 5.84 Å². The number of hydrazine groups is 1. The van der Waals surface area contributed by atoms with E-state index >= 15 is 0 Å². The van der Waals surface area contributed by atoms with Crippen molar-refractivity contribution in [3.05, 3.63) is 46.6 Å². The minimum absolute atomic E-state index is 0.395. The Hall–Kier alpha value is -2.05. The lowest BCUT2D eigenvalue weighted by molar-refractivity contribution is -0.116. The maximum absolute atomic E-state index is 11.0. The monoisotopic (exact) mass is 336 g/mol. The predicted octanol–water partition coefficient (Wildman–Crippen LogP) is 2.72. The molecule has 1 heterocycles. The Morgan fingerprint density at radius 3 is 2.85 bits per heavy atom. The Morgan fingerprint density at radius 1 is 1.40 bits per heavy atom. The van der Waals surface area contributed by atoms with E-state index in [1.54, 1.807) is 19.3 Å². The fraction of sp³-hybridized carbons (Fsp3) is 0.0714. The topological polar surface area (TPSA) is 77.5 Å². The zero-order chi connectivity index (χ0) is 14.5. The van der Waals surface area contributed by atoms with E-state index in [-0.39, 0.29) is 0 Å². The highest BCUT2D eigenvalue weighted by molar-refractivity contribution is 9.10. The number of hydrogen-bond donors (Lipinski definition) is 2. The summed E-state index contributed by atoms with van der Waals surface area (Å²) in [4.78, 5) is 11.0. The molecule has 6 heteroatoms. The molecule has 0 aliphatic rings. The summed E-state index contributed by atoms with van der Waals surface area (Å²) < 4.78 is 11.6. The molecular formula is C14H13BrN2O3. The summed E-state index contributed by atoms with van der Waals surface area (Å²) in [5, 5.41) is 0. The van der Waals surface area contributed by atoms with Crippen LogP contribution in [0, 0.1) is 0 Å². The molecule has 0 radical (unpaired) electrons. The number of carbonyl (C=O) groups is 1. The van der Waals surface area contributed by atoms with Gasteiger partial charge in [-0.1, -0.05) is 0 Å². The van der Waals surface area contributed by atoms with Gasteiger partial charge in [0, 0.05) is 16.1 Å². The molecule has 0 saturated heterocycles. The second-order valence-electron chi connectivity index (χ2n) is 3.89. The van der Waals surface area contributed by atoms with Crippen LogP contribution in [0.25, 0.3) is 17.4 Å². The fourth-order valence-electron chi connectivity index (χ4n) is 1.62. The first-order chi connectivity index (χ1) is 9.63. The zero-order valence-corrected chi connectivity index (χ0v) is 12.3. The lowest BCUT2D eigenvalue weighted by atomic mass is 10.2. The van der Waals surface area contributed by atoms with Gasteiger partial charge in [-0.2, -0.15) is 0 Å². The van der Waals surface area contributed by atoms with Crippen LogP contribution in [-0.2, 0) is 4.79 Å². The Kier molecular flexibility index (Phi) is 4.60. The van der Waals surface area contributed by atoms with Crippen LogP contribution in [0.2, 0.25) is 0 Å². The molecule has 1 amide bonds. The van der Waals surface area contributed by atoms with Crippen LogP contribution in [0.15, 0.2) is 45.3 Å². The summed E-state index contributed by atoms with van der Waals surface area (Å²) in [6, 6.07) is 9.19. The maximum atomic E-state index is 11.0. The first-order valence-corrected chi connectivity index (χ1v) is 6.55. The normalized spacial score (nSPS) is 10.8. The summed E-state index contributed by atoms with van der Waals surface area (Å²) in [5.41, 5.74) is 2.90. The van der Waals surface area contributed by atoms with Gasteiger partial charge in [-0.15, -0.1) is 0 Å². The van der Waals surface area contributed by atoms with Gasteiger partial charge in [0.2, 0.25) is 0 Å². The Morgan fingerprint density at radius 2 is 2.20 bits per heavy atom. The average molecular weight is 337 g/mol. The van der Waals surface area contributed by atoms with E-state index in [0.29, 0.717) is 11.5 Å². The minimum Gasteiger partial charge on any atom is -0.497 e. The summed E-state index contributed by atoms with van der Waals surface area (Å²) in [6.45, 7) is 0. The molecule has 2 rings (SSSR count). The molecule has 0 bridgehead atoms. The molecule has 20 heavy (non-hydrogen) atoms. The number of methoxy groups -OCH3 is 1. The van der Waals surface area contributed by atoms with Crippen molar-refractivity contribution < 1.29 is 13.9 Å². The summed E-state index contributed by atoms with van der Waals surface area (Å²) >= 11 is 3.47. The highest BCUT2D eigenvalue weighted by atomic mass is 79.9. The van der Waals surface area contributed by atoms with E-state index in [4.69, 9.17) is 15.0 Å². The quantitative estimate of drug-likeness (QED) is 0.389. The lowest BCUT2D eigenvalue weighted by Gasteiger charge is -2.04. The van der Waals surface area contributed by atoms with Gasteiger partial charge >= 0.3 is 0 Å². The molecule has 0 aliphatic heterocycles. The minimum atomic E-state index is -0.395. The van der Waals surface area contributed by atoms with Crippen molar-refractivity contribution in [2.45, 2.75) is 0 Å². The third kappa shape index (κ3) is 3.28. The third-order valence-corrected chi connectivity index (χ3v) is 3.27. The molecule has 2 aromatic rings. The number of benzene rings is 1. The molecule has 1 aromatic carbocycles. The SMILES string of the molecule is COc1ccc(-c2ccc(/C=C/C(=O)NN)o2)c(Br)c1. The van der Waals surface area contributed by atoms with Crippen LogP contribution in [0.3, 0.4) is 0 Å². The maximum Gasteiger partial charge on any atom is 0.258 e. The van der Waals surface area contributed by atoms with E-state index in [1.165, 1.54) is 6.08 Å². The van der Waals surface area contributed by atoms with Gasteiger partial charge in [-0.25, -0.2) is 5.84 Å². The summed E-state index contributed by atoms with van der Waals surface area (Å²) in [7, 11) is 1.61. The van der Waals surface area contributed by atoms with Crippen LogP contribution in [0.1, 0.15) is 5.76 Å². The number of ether oxygens (including phenoxy) is 1. The van der Waals surface area contributed by atoms with Crippen molar-refractivity contribution in [3.63, 3.8) is 0 Å². The van der Waals surface area contributed by atoms with E-state index in [1.807, 2.05) is 29.7 Å². The van der Waals surface area contributed by atoms with Crippen LogP contribution < -0.4 is 16.0 Å². The van der Waals surface area contributed by atoms with Crippen LogP contribution in [-0.4, -0.2) is 13.0 Å². The zero-order valence-electron chi connectivity index (χ0n) is 10.7. The van der Waals surface area contributed by atoms with Gasteiger partial charge in [0.15, 0.2) is 0 Å². The Bertz CT molecular complexity index is 650. The third-order valence-electron chi connectivity index (χ3n) is 2.61. The van der Waals surface area contributed by atoms with Crippen LogP contribution >= 0.6 is 15.9 Å². The highest BCUT2D eigenvalue weighted by Crippen LogP contribution is 2.32. The predicted molar refractivity (Wildman–Crippen MR) is 79.8 cm³/mol. The van der Waals surface area contributed by atoms with Crippen molar-refractivity contribution >= 4 is 27.9 Å². The highest BCUT2D eigenvalue weighted by Gasteiger charge is 2.08. The number of nitrogens with two attached hydrogens (primary N) is 1. The molecule has 0 fully saturated rings. The summed E-state index contributed by atoms with van der Waals surface area (Å²) in [5.74, 6) is 6.59. The molecule has 0 atom stereocenters. The fourth-order valence-corrected chi connectivity index (χ4v) is 2.17. The lowest BCUT2D eigenvalue weighted by Crippen LogP contribution is -2.27. The smallest absolute Gasteiger partial charge is 0.258 e. The first kappa shape index (κ1) is 14.4. The molecular weight excluding hydrogens is 324 g/mol. The van der Waals surface area contributed by atoms with Crippen molar-refractivity contribution in [2.75, 3.05) is 7.11 Å². The average Bonchev–Trinajstić information content (AvgIpc) is 2.93. The van der Waals surface area contributed by atoms with E-state index in [2.05, 4.69) is 15.9 Å². The van der Waals surface area contributed by atoms with E-state index < -0.39 is 5.91 Å². The Labute approximate surface area is 124 Å². The number of rotatable bonds is 4. The van der Waals surface area contributed by atoms with E-state index in [0.717, 1.165) is 15.8 Å². The second kappa shape index (κ2) is 6.40. The molecule has 0 aliphatic carbocycles. The van der Waals surface area contributed by atoms with Crippen molar-refractivity contribution in [3.8, 4) is 17.1 Å². The van der Waals surface area contributed by atoms with Gasteiger partial charge in [-0.05, 0) is 52.3 Å². The van der Waals surface area contributed by atoms with Gasteiger partial charge in [0.25, 0.3) is 5.91 Å². The van der Waals surface area contributed by atoms with Crippen molar-refractivity contribution in [1.29, 1.82) is 0 Å². The van der Waals surface area contributed by atoms with Crippen LogP contribution in [0.4, 0.5) is 0 Å². The van der Waals surface area contributed by atoms with Gasteiger partial charge in [0.1, 0.15) is 17.3 Å². The first-order valence-electron chi connectivity index (χ1n) is 5.76. The molecule has 5 nitrogen and oxygen atoms in total. The number of nitrogens with one attached hydrogen (secondary N) is 1. The van der Waals surface area contributed by atoms with Gasteiger partial charge in [-0.3, -0.25) is 10.2 Å². The number of hydrogen-bond acceptors (Lipinski definition) is 4. The van der Waals surface area contributed by atoms with Gasteiger partial charge < -0.3 is 9.15 Å². The second-order valence-corrected chi connectivity index (χ2v) is 4.74. The molecule has 0 saturated carbocycles. The molecule has 0 spiro atoms. The number of amides is 1. The summed E-state index contributed by atoms with van der Waals surface area (Å²) in [6.07, 6.45) is 2.84. The largest absolute Gasteiger partial charge is 0.497 e. The molecule has 1 aromatic heterocycles. The Balaban J connectivity index is 2.24. The standard InChI is InChI=1S/C14H13BrN2O3/c1-19-10-2-5-11(12(15)8-10)13-6-3-9(20-13)4-7-14(18)17-16/h2-8H,16H2,1H3,(H,17,18)/b7-4+. The molecule has 3 N–H and O–H groups in total. The van der Waals surface area contributed by atoms with Gasteiger partial charge in [0.05, 0.1) is 7.11 Å². The number of furan rings is 1. The van der Waals surface area contributed by atoms with E-state index in [9.17, 15) is 4.79 Å². The van der Waals surface area contributed by atoms with Crippen molar-refractivity contribution in [1.82, 2.24) is 5.43 Å². The molecule has 0 unspecified atom stereocenters. The number of halogens is 1. The number of carbonyl (C=O) groups excluding carboxylic acids is 1. The molecule has 104 valence electrons. The van der Waals surface area contributed by atoms with Crippen LogP contribution in [0.5, 0.6) is 5.75 Å².